The molecule has 27 heavy (non-hydrogen) atoms. The van der Waals surface area contributed by atoms with Crippen molar-refractivity contribution >= 4 is 40.5 Å². The molecule has 3 rings (SSSR count). The minimum absolute atomic E-state index is 0.207. The molecule has 1 N–H and O–H groups in total. The maximum absolute atomic E-state index is 12.3. The molecule has 0 saturated heterocycles. The number of alkyl halides is 3. The molecule has 0 bridgehead atoms. The van der Waals surface area contributed by atoms with Gasteiger partial charge in [-0.05, 0) is 36.4 Å². The van der Waals surface area contributed by atoms with Crippen molar-refractivity contribution < 1.29 is 27.5 Å². The molecule has 1 aliphatic rings. The second-order valence-corrected chi connectivity index (χ2v) is 6.34. The summed E-state index contributed by atoms with van der Waals surface area (Å²) in [6.07, 6.45) is -5.44. The van der Waals surface area contributed by atoms with Gasteiger partial charge in [-0.2, -0.15) is 0 Å². The largest absolute Gasteiger partial charge is 0.573 e. The number of hydrogen-bond acceptors (Lipinski definition) is 4. The first-order valence-corrected chi connectivity index (χ1v) is 8.31. The van der Waals surface area contributed by atoms with Gasteiger partial charge in [-0.25, -0.2) is 0 Å². The SMILES string of the molecule is O=C(Nc1ccc(OC(F)(F)F)cc1)C1CC(c2ccc(Cl)c(Cl)c2)=NO1. The lowest BCUT2D eigenvalue weighted by molar-refractivity contribution is -0.274. The third kappa shape index (κ3) is 5.05. The lowest BCUT2D eigenvalue weighted by Crippen LogP contribution is -2.28. The van der Waals surface area contributed by atoms with Crippen LogP contribution in [-0.2, 0) is 9.63 Å². The van der Waals surface area contributed by atoms with Crippen molar-refractivity contribution in [2.45, 2.75) is 18.9 Å². The number of rotatable bonds is 4. The summed E-state index contributed by atoms with van der Waals surface area (Å²) in [4.78, 5) is 17.4. The van der Waals surface area contributed by atoms with Crippen LogP contribution in [0.5, 0.6) is 5.75 Å². The number of carbonyl (C=O) groups excluding carboxylic acids is 1. The number of amides is 1. The van der Waals surface area contributed by atoms with Crippen LogP contribution in [0.25, 0.3) is 0 Å². The molecule has 142 valence electrons. The van der Waals surface area contributed by atoms with Crippen LogP contribution in [-0.4, -0.2) is 24.1 Å². The van der Waals surface area contributed by atoms with E-state index in [0.29, 0.717) is 27.0 Å². The van der Waals surface area contributed by atoms with E-state index >= 15 is 0 Å². The minimum Gasteiger partial charge on any atom is -0.406 e. The van der Waals surface area contributed by atoms with E-state index < -0.39 is 18.4 Å². The van der Waals surface area contributed by atoms with Crippen molar-refractivity contribution in [3.63, 3.8) is 0 Å². The number of benzene rings is 2. The standard InChI is InChI=1S/C17H11Cl2F3N2O3/c18-12-6-1-9(7-13(12)19)14-8-15(27-24-14)16(25)23-10-2-4-11(5-3-10)26-17(20,21)22/h1-7,15H,8H2,(H,23,25). The second-order valence-electron chi connectivity index (χ2n) is 5.53. The van der Waals surface area contributed by atoms with Crippen LogP contribution in [0.1, 0.15) is 12.0 Å². The van der Waals surface area contributed by atoms with E-state index in [1.165, 1.54) is 12.1 Å². The average molecular weight is 419 g/mol. The molecular formula is C17H11Cl2F3N2O3. The van der Waals surface area contributed by atoms with Crippen molar-refractivity contribution in [1.29, 1.82) is 0 Å². The van der Waals surface area contributed by atoms with Crippen molar-refractivity contribution in [3.8, 4) is 5.75 Å². The van der Waals surface area contributed by atoms with Gasteiger partial charge in [0.1, 0.15) is 5.75 Å². The summed E-state index contributed by atoms with van der Waals surface area (Å²) in [5.41, 5.74) is 1.50. The molecular weight excluding hydrogens is 408 g/mol. The summed E-state index contributed by atoms with van der Waals surface area (Å²) < 4.78 is 40.2. The summed E-state index contributed by atoms with van der Waals surface area (Å²) in [5, 5.41) is 7.18. The van der Waals surface area contributed by atoms with E-state index in [2.05, 4.69) is 15.2 Å². The lowest BCUT2D eigenvalue weighted by Gasteiger charge is -2.11. The van der Waals surface area contributed by atoms with Crippen molar-refractivity contribution in [2.75, 3.05) is 5.32 Å². The molecule has 0 saturated carbocycles. The number of nitrogens with one attached hydrogen (secondary N) is 1. The summed E-state index contributed by atoms with van der Waals surface area (Å²) in [5.74, 6) is -0.874. The van der Waals surface area contributed by atoms with Gasteiger partial charge in [0, 0.05) is 17.7 Å². The Balaban J connectivity index is 1.59. The predicted molar refractivity (Wildman–Crippen MR) is 94.2 cm³/mol. The molecule has 5 nitrogen and oxygen atoms in total. The van der Waals surface area contributed by atoms with Crippen molar-refractivity contribution in [2.24, 2.45) is 5.16 Å². The van der Waals surface area contributed by atoms with Crippen LogP contribution in [0, 0.1) is 0 Å². The van der Waals surface area contributed by atoms with Crippen LogP contribution < -0.4 is 10.1 Å². The summed E-state index contributed by atoms with van der Waals surface area (Å²) in [7, 11) is 0. The molecule has 10 heteroatoms. The van der Waals surface area contributed by atoms with Crippen LogP contribution in [0.4, 0.5) is 18.9 Å². The maximum Gasteiger partial charge on any atom is 0.573 e. The molecule has 1 amide bonds. The average Bonchev–Trinajstić information content (AvgIpc) is 3.08. The molecule has 0 spiro atoms. The zero-order chi connectivity index (χ0) is 19.6. The van der Waals surface area contributed by atoms with Gasteiger partial charge in [0.25, 0.3) is 5.91 Å². The topological polar surface area (TPSA) is 59.9 Å². The monoisotopic (exact) mass is 418 g/mol. The Bertz CT molecular complexity index is 886. The number of halogens is 5. The minimum atomic E-state index is -4.78. The Hall–Kier alpha value is -2.45. The number of anilines is 1. The molecule has 0 aliphatic carbocycles. The normalized spacial score (nSPS) is 16.5. The van der Waals surface area contributed by atoms with E-state index in [1.54, 1.807) is 18.2 Å². The molecule has 0 fully saturated rings. The fourth-order valence-electron chi connectivity index (χ4n) is 2.33. The van der Waals surface area contributed by atoms with E-state index in [0.717, 1.165) is 12.1 Å². The smallest absolute Gasteiger partial charge is 0.406 e. The first-order valence-electron chi connectivity index (χ1n) is 7.56. The highest BCUT2D eigenvalue weighted by atomic mass is 35.5. The predicted octanol–water partition coefficient (Wildman–Crippen LogP) is 5.02. The first kappa shape index (κ1) is 19.3. The molecule has 2 aromatic carbocycles. The summed E-state index contributed by atoms with van der Waals surface area (Å²) in [6, 6.07) is 9.69. The molecule has 0 aromatic heterocycles. The number of oxime groups is 1. The molecule has 1 heterocycles. The molecule has 1 unspecified atom stereocenters. The first-order chi connectivity index (χ1) is 12.7. The number of ether oxygens (including phenoxy) is 1. The van der Waals surface area contributed by atoms with Gasteiger partial charge in [0.2, 0.25) is 6.10 Å². The number of hydrogen-bond donors (Lipinski definition) is 1. The number of carbonyl (C=O) groups is 1. The van der Waals surface area contributed by atoms with Gasteiger partial charge in [-0.15, -0.1) is 13.2 Å². The van der Waals surface area contributed by atoms with Crippen LogP contribution in [0.15, 0.2) is 47.6 Å². The van der Waals surface area contributed by atoms with Crippen LogP contribution >= 0.6 is 23.2 Å². The van der Waals surface area contributed by atoms with Gasteiger partial charge in [0.15, 0.2) is 0 Å². The lowest BCUT2D eigenvalue weighted by atomic mass is 10.0. The van der Waals surface area contributed by atoms with E-state index in [1.807, 2.05) is 0 Å². The zero-order valence-electron chi connectivity index (χ0n) is 13.4. The van der Waals surface area contributed by atoms with Gasteiger partial charge in [0.05, 0.1) is 15.8 Å². The molecule has 0 radical (unpaired) electrons. The number of nitrogens with zero attached hydrogens (tertiary/aromatic N) is 1. The highest BCUT2D eigenvalue weighted by Crippen LogP contribution is 2.27. The van der Waals surface area contributed by atoms with E-state index in [-0.39, 0.29) is 12.2 Å². The quantitative estimate of drug-likeness (QED) is 0.757. The van der Waals surface area contributed by atoms with Gasteiger partial charge in [-0.3, -0.25) is 4.79 Å². The van der Waals surface area contributed by atoms with Crippen LogP contribution in [0.2, 0.25) is 10.0 Å². The highest BCUT2D eigenvalue weighted by Gasteiger charge is 2.31. The van der Waals surface area contributed by atoms with Crippen molar-refractivity contribution in [3.05, 3.63) is 58.1 Å². The maximum atomic E-state index is 12.3. The Morgan fingerprint density at radius 3 is 2.48 bits per heavy atom. The molecule has 2 aromatic rings. The molecule has 1 atom stereocenters. The highest BCUT2D eigenvalue weighted by molar-refractivity contribution is 6.42. The molecule has 1 aliphatic heterocycles. The Morgan fingerprint density at radius 2 is 1.85 bits per heavy atom. The second kappa shape index (κ2) is 7.66. The fourth-order valence-corrected chi connectivity index (χ4v) is 2.62. The Labute approximate surface area is 161 Å². The Kier molecular flexibility index (Phi) is 5.48. The van der Waals surface area contributed by atoms with Gasteiger partial charge < -0.3 is 14.9 Å². The van der Waals surface area contributed by atoms with Crippen molar-refractivity contribution in [1.82, 2.24) is 0 Å². The van der Waals surface area contributed by atoms with Gasteiger partial charge >= 0.3 is 6.36 Å². The van der Waals surface area contributed by atoms with E-state index in [9.17, 15) is 18.0 Å². The zero-order valence-corrected chi connectivity index (χ0v) is 14.9. The third-order valence-electron chi connectivity index (χ3n) is 3.57. The summed E-state index contributed by atoms with van der Waals surface area (Å²) in [6.45, 7) is 0. The van der Waals surface area contributed by atoms with Gasteiger partial charge in [-0.1, -0.05) is 34.4 Å². The Morgan fingerprint density at radius 1 is 1.15 bits per heavy atom. The van der Waals surface area contributed by atoms with E-state index in [4.69, 9.17) is 28.0 Å². The fraction of sp³-hybridized carbons (Fsp3) is 0.176. The summed E-state index contributed by atoms with van der Waals surface area (Å²) >= 11 is 11.8. The third-order valence-corrected chi connectivity index (χ3v) is 4.31. The van der Waals surface area contributed by atoms with Crippen LogP contribution in [0.3, 0.4) is 0 Å².